The van der Waals surface area contributed by atoms with E-state index in [0.29, 0.717) is 18.3 Å². The van der Waals surface area contributed by atoms with Gasteiger partial charge in [0, 0.05) is 23.6 Å². The Bertz CT molecular complexity index is 700. The SMILES string of the molecule is CC(C)CNCc1cn(Cc2ncon2)c2ccccc12. The molecule has 1 N–H and O–H groups in total. The molecule has 5 heteroatoms. The molecule has 0 spiro atoms. The second kappa shape index (κ2) is 6.10. The van der Waals surface area contributed by atoms with Gasteiger partial charge in [0.1, 0.15) is 0 Å². The third-order valence-electron chi connectivity index (χ3n) is 3.46. The van der Waals surface area contributed by atoms with Crippen LogP contribution < -0.4 is 5.32 Å². The van der Waals surface area contributed by atoms with Gasteiger partial charge in [-0.3, -0.25) is 0 Å². The van der Waals surface area contributed by atoms with Crippen molar-refractivity contribution in [2.24, 2.45) is 5.92 Å². The molecule has 0 saturated heterocycles. The molecule has 3 rings (SSSR count). The summed E-state index contributed by atoms with van der Waals surface area (Å²) < 4.78 is 6.98. The molecule has 0 radical (unpaired) electrons. The average Bonchev–Trinajstić information content (AvgIpc) is 3.09. The van der Waals surface area contributed by atoms with Gasteiger partial charge in [0.05, 0.1) is 6.54 Å². The molecule has 3 aromatic rings. The van der Waals surface area contributed by atoms with Crippen LogP contribution in [0.25, 0.3) is 10.9 Å². The summed E-state index contributed by atoms with van der Waals surface area (Å²) in [5, 5.41) is 8.67. The monoisotopic (exact) mass is 284 g/mol. The largest absolute Gasteiger partial charge is 0.343 e. The standard InChI is InChI=1S/C16H20N4O/c1-12(2)7-17-8-13-9-20(10-16-18-11-21-19-16)15-6-4-3-5-14(13)15/h3-6,9,11-12,17H,7-8,10H2,1-2H3. The third-order valence-corrected chi connectivity index (χ3v) is 3.46. The Kier molecular flexibility index (Phi) is 4.01. The van der Waals surface area contributed by atoms with Crippen LogP contribution in [0.2, 0.25) is 0 Å². The van der Waals surface area contributed by atoms with Gasteiger partial charge in [-0.25, -0.2) is 0 Å². The van der Waals surface area contributed by atoms with Gasteiger partial charge in [-0.15, -0.1) is 0 Å². The highest BCUT2D eigenvalue weighted by atomic mass is 16.5. The number of benzene rings is 1. The van der Waals surface area contributed by atoms with Crippen LogP contribution in [0, 0.1) is 5.92 Å². The highest BCUT2D eigenvalue weighted by Gasteiger charge is 2.10. The smallest absolute Gasteiger partial charge is 0.213 e. The second-order valence-corrected chi connectivity index (χ2v) is 5.67. The molecule has 0 aliphatic heterocycles. The van der Waals surface area contributed by atoms with Gasteiger partial charge in [-0.1, -0.05) is 37.2 Å². The van der Waals surface area contributed by atoms with Crippen molar-refractivity contribution in [1.82, 2.24) is 20.0 Å². The number of fused-ring (bicyclic) bond motifs is 1. The summed E-state index contributed by atoms with van der Waals surface area (Å²) in [6, 6.07) is 8.42. The van der Waals surface area contributed by atoms with Crippen LogP contribution >= 0.6 is 0 Å². The molecule has 0 atom stereocenters. The molecular weight excluding hydrogens is 264 g/mol. The summed E-state index contributed by atoms with van der Waals surface area (Å²) in [6.45, 7) is 6.95. The molecule has 0 saturated carbocycles. The van der Waals surface area contributed by atoms with E-state index in [1.54, 1.807) is 0 Å². The second-order valence-electron chi connectivity index (χ2n) is 5.67. The molecule has 5 nitrogen and oxygen atoms in total. The van der Waals surface area contributed by atoms with Gasteiger partial charge < -0.3 is 14.4 Å². The van der Waals surface area contributed by atoms with Crippen LogP contribution in [-0.4, -0.2) is 21.3 Å². The van der Waals surface area contributed by atoms with Crippen molar-refractivity contribution in [3.05, 3.63) is 48.2 Å². The highest BCUT2D eigenvalue weighted by molar-refractivity contribution is 5.84. The Hall–Kier alpha value is -2.14. The first-order valence-electron chi connectivity index (χ1n) is 7.26. The van der Waals surface area contributed by atoms with Crippen molar-refractivity contribution < 1.29 is 4.52 Å². The molecule has 2 heterocycles. The zero-order valence-corrected chi connectivity index (χ0v) is 12.4. The Labute approximate surface area is 124 Å². The quantitative estimate of drug-likeness (QED) is 0.756. The summed E-state index contributed by atoms with van der Waals surface area (Å²) >= 11 is 0. The van der Waals surface area contributed by atoms with E-state index in [4.69, 9.17) is 4.52 Å². The fourth-order valence-electron chi connectivity index (χ4n) is 2.50. The van der Waals surface area contributed by atoms with E-state index in [-0.39, 0.29) is 0 Å². The molecule has 1 aromatic carbocycles. The van der Waals surface area contributed by atoms with Crippen LogP contribution in [0.15, 0.2) is 41.4 Å². The first-order chi connectivity index (χ1) is 10.2. The molecule has 0 fully saturated rings. The van der Waals surface area contributed by atoms with E-state index in [2.05, 4.69) is 64.3 Å². The van der Waals surface area contributed by atoms with Crippen LogP contribution in [0.5, 0.6) is 0 Å². The fourth-order valence-corrected chi connectivity index (χ4v) is 2.50. The zero-order chi connectivity index (χ0) is 14.7. The highest BCUT2D eigenvalue weighted by Crippen LogP contribution is 2.21. The minimum atomic E-state index is 0.626. The molecule has 0 aliphatic rings. The molecule has 110 valence electrons. The van der Waals surface area contributed by atoms with Crippen LogP contribution in [-0.2, 0) is 13.1 Å². The Balaban J connectivity index is 1.86. The molecule has 0 unspecified atom stereocenters. The topological polar surface area (TPSA) is 55.9 Å². The van der Waals surface area contributed by atoms with E-state index < -0.39 is 0 Å². The summed E-state index contributed by atoms with van der Waals surface area (Å²) in [4.78, 5) is 4.10. The predicted octanol–water partition coefficient (Wildman–Crippen LogP) is 2.82. The summed E-state index contributed by atoms with van der Waals surface area (Å²) in [5.74, 6) is 1.34. The molecular formula is C16H20N4O. The van der Waals surface area contributed by atoms with Crippen LogP contribution in [0.4, 0.5) is 0 Å². The molecule has 0 aliphatic carbocycles. The molecule has 0 amide bonds. The Morgan fingerprint density at radius 3 is 2.90 bits per heavy atom. The first-order valence-corrected chi connectivity index (χ1v) is 7.26. The summed E-state index contributed by atoms with van der Waals surface area (Å²) in [5.41, 5.74) is 2.50. The lowest BCUT2D eigenvalue weighted by Crippen LogP contribution is -2.18. The lowest BCUT2D eigenvalue weighted by Gasteiger charge is -2.06. The molecule has 2 aromatic heterocycles. The van der Waals surface area contributed by atoms with Gasteiger partial charge in [-0.05, 0) is 24.1 Å². The number of nitrogens with one attached hydrogen (secondary N) is 1. The van der Waals surface area contributed by atoms with E-state index in [1.807, 2.05) is 0 Å². The van der Waals surface area contributed by atoms with Crippen molar-refractivity contribution >= 4 is 10.9 Å². The van der Waals surface area contributed by atoms with Gasteiger partial charge in [0.25, 0.3) is 0 Å². The number of aromatic nitrogens is 3. The number of hydrogen-bond donors (Lipinski definition) is 1. The first kappa shape index (κ1) is 13.8. The zero-order valence-electron chi connectivity index (χ0n) is 12.4. The van der Waals surface area contributed by atoms with E-state index >= 15 is 0 Å². The van der Waals surface area contributed by atoms with Crippen LogP contribution in [0.1, 0.15) is 25.2 Å². The van der Waals surface area contributed by atoms with E-state index in [9.17, 15) is 0 Å². The van der Waals surface area contributed by atoms with Gasteiger partial charge >= 0.3 is 0 Å². The fraction of sp³-hybridized carbons (Fsp3) is 0.375. The van der Waals surface area contributed by atoms with E-state index in [0.717, 1.165) is 13.1 Å². The average molecular weight is 284 g/mol. The normalized spacial score (nSPS) is 11.6. The number of para-hydroxylation sites is 1. The molecule has 21 heavy (non-hydrogen) atoms. The van der Waals surface area contributed by atoms with Crippen molar-refractivity contribution in [2.45, 2.75) is 26.9 Å². The van der Waals surface area contributed by atoms with Crippen molar-refractivity contribution in [3.8, 4) is 0 Å². The third kappa shape index (κ3) is 3.13. The lowest BCUT2D eigenvalue weighted by molar-refractivity contribution is 0.408. The van der Waals surface area contributed by atoms with Crippen molar-refractivity contribution in [3.63, 3.8) is 0 Å². The minimum Gasteiger partial charge on any atom is -0.343 e. The van der Waals surface area contributed by atoms with Crippen molar-refractivity contribution in [2.75, 3.05) is 6.54 Å². The maximum atomic E-state index is 4.81. The van der Waals surface area contributed by atoms with E-state index in [1.165, 1.54) is 22.9 Å². The maximum Gasteiger partial charge on any atom is 0.213 e. The van der Waals surface area contributed by atoms with Crippen molar-refractivity contribution in [1.29, 1.82) is 0 Å². The Morgan fingerprint density at radius 1 is 1.29 bits per heavy atom. The van der Waals surface area contributed by atoms with Gasteiger partial charge in [0.2, 0.25) is 6.39 Å². The maximum absolute atomic E-state index is 4.81. The number of hydrogen-bond acceptors (Lipinski definition) is 4. The van der Waals surface area contributed by atoms with Crippen LogP contribution in [0.3, 0.4) is 0 Å². The number of rotatable bonds is 6. The lowest BCUT2D eigenvalue weighted by atomic mass is 10.1. The van der Waals surface area contributed by atoms with Gasteiger partial charge in [-0.2, -0.15) is 4.98 Å². The number of nitrogens with zero attached hydrogens (tertiary/aromatic N) is 3. The summed E-state index contributed by atoms with van der Waals surface area (Å²) in [7, 11) is 0. The Morgan fingerprint density at radius 2 is 2.14 bits per heavy atom. The predicted molar refractivity (Wildman–Crippen MR) is 81.9 cm³/mol. The summed E-state index contributed by atoms with van der Waals surface area (Å²) in [6.07, 6.45) is 3.54. The minimum absolute atomic E-state index is 0.626. The van der Waals surface area contributed by atoms with Gasteiger partial charge in [0.15, 0.2) is 5.82 Å². The molecule has 0 bridgehead atoms.